The summed E-state index contributed by atoms with van der Waals surface area (Å²) in [6, 6.07) is 24.1. The van der Waals surface area contributed by atoms with E-state index in [-0.39, 0.29) is 18.0 Å². The number of likely N-dealkylation sites (N-methyl/N-ethyl adjacent to an activating group) is 1. The molecule has 16 nitrogen and oxygen atoms in total. The molecule has 3 fully saturated rings. The quantitative estimate of drug-likeness (QED) is 0.116. The number of fused-ring (bicyclic) bond motifs is 2. The fourth-order valence-corrected chi connectivity index (χ4v) is 11.5. The van der Waals surface area contributed by atoms with E-state index in [1.165, 1.54) is 17.7 Å². The highest BCUT2D eigenvalue weighted by molar-refractivity contribution is 5.87. The van der Waals surface area contributed by atoms with Crippen LogP contribution in [0, 0.1) is 34.3 Å². The van der Waals surface area contributed by atoms with Gasteiger partial charge in [-0.15, -0.1) is 0 Å². The van der Waals surface area contributed by atoms with Crippen LogP contribution in [-0.2, 0) is 13.1 Å². The van der Waals surface area contributed by atoms with Crippen molar-refractivity contribution in [1.29, 1.82) is 10.5 Å². The summed E-state index contributed by atoms with van der Waals surface area (Å²) in [4.78, 5) is 27.5. The molecule has 1 aromatic carbocycles. The average molecular weight is 1030 g/mol. The Bertz CT molecular complexity index is 3540. The number of ether oxygens (including phenoxy) is 1. The van der Waals surface area contributed by atoms with E-state index in [1.807, 2.05) is 49.2 Å². The Kier molecular flexibility index (Phi) is 13.8. The molecule has 8 aromatic rings. The first kappa shape index (κ1) is 49.6. The first-order valence-electron chi connectivity index (χ1n) is 26.5. The van der Waals surface area contributed by atoms with Crippen LogP contribution < -0.4 is 19.4 Å². The summed E-state index contributed by atoms with van der Waals surface area (Å²) in [5.41, 5.74) is 11.4. The summed E-state index contributed by atoms with van der Waals surface area (Å²) in [7, 11) is 3.74. The molecule has 77 heavy (non-hydrogen) atoms. The van der Waals surface area contributed by atoms with Crippen LogP contribution >= 0.6 is 0 Å². The second-order valence-electron chi connectivity index (χ2n) is 20.7. The number of piperidine rings is 1. The molecule has 0 unspecified atom stereocenters. The van der Waals surface area contributed by atoms with Crippen LogP contribution in [0.25, 0.3) is 38.9 Å². The molecule has 0 bridgehead atoms. The van der Waals surface area contributed by atoms with Gasteiger partial charge >= 0.3 is 0 Å². The lowest BCUT2D eigenvalue weighted by molar-refractivity contribution is 0.242. The van der Waals surface area contributed by atoms with Gasteiger partial charge in [0.1, 0.15) is 35.4 Å². The molecule has 0 saturated carbocycles. The van der Waals surface area contributed by atoms with E-state index in [4.69, 9.17) is 14.7 Å². The fraction of sp³-hybridized carbons (Fsp3) is 0.339. The van der Waals surface area contributed by atoms with Crippen molar-refractivity contribution in [1.82, 2.24) is 48.9 Å². The molecule has 0 radical (unpaired) electrons. The zero-order chi connectivity index (χ0) is 52.6. The van der Waals surface area contributed by atoms with Crippen LogP contribution in [0.1, 0.15) is 58.6 Å². The maximum absolute atomic E-state index is 16.0. The molecule has 18 heteroatoms. The van der Waals surface area contributed by atoms with Gasteiger partial charge in [-0.25, -0.2) is 32.8 Å². The molecule has 390 valence electrons. The van der Waals surface area contributed by atoms with Crippen molar-refractivity contribution >= 4 is 33.9 Å². The van der Waals surface area contributed by atoms with Crippen molar-refractivity contribution in [2.45, 2.75) is 38.3 Å². The monoisotopic (exact) mass is 1030 g/mol. The van der Waals surface area contributed by atoms with Gasteiger partial charge in [-0.3, -0.25) is 9.80 Å². The first-order chi connectivity index (χ1) is 37.7. The molecular weight excluding hydrogens is 973 g/mol. The summed E-state index contributed by atoms with van der Waals surface area (Å²) in [6.45, 7) is 10.2. The molecule has 4 aliphatic rings. The summed E-state index contributed by atoms with van der Waals surface area (Å²) in [5, 5.41) is 29.1. The predicted octanol–water partition coefficient (Wildman–Crippen LogP) is 8.28. The Morgan fingerprint density at radius 2 is 1.21 bits per heavy atom. The van der Waals surface area contributed by atoms with Gasteiger partial charge in [0.25, 0.3) is 0 Å². The van der Waals surface area contributed by atoms with E-state index < -0.39 is 11.6 Å². The Morgan fingerprint density at radius 3 is 1.74 bits per heavy atom. The van der Waals surface area contributed by atoms with E-state index in [0.717, 1.165) is 127 Å². The lowest BCUT2D eigenvalue weighted by Gasteiger charge is -2.36. The number of hydrogen-bond donors (Lipinski definition) is 0. The van der Waals surface area contributed by atoms with E-state index >= 15 is 8.78 Å². The van der Waals surface area contributed by atoms with Crippen molar-refractivity contribution in [2.24, 2.45) is 0 Å². The predicted molar refractivity (Wildman–Crippen MR) is 293 cm³/mol. The van der Waals surface area contributed by atoms with E-state index in [1.54, 1.807) is 28.5 Å². The molecule has 0 atom stereocenters. The molecule has 11 heterocycles. The standard InChI is InChI=1S/C59H59F2N15O/c1-69-13-9-41(10-14-69)45-25-50(58-47(29-62)34-67-75(58)37-45)43-5-7-56(65-32-43)74-23-19-71(20-24-74)39-52-53(60)27-49(28-54(52)61)72-15-11-42(12-16-72)46-26-51(59-48(30-63)35-68-76(59)38-46)44-4-6-55(64-33-44)73-21-17-70(18-22-73)36-40-3-8-57(77-2)66-31-40/h3-9,25-28,31-35,37-38,42H,10-24,36,39H2,1-2H3. The number of halogens is 2. The van der Waals surface area contributed by atoms with Crippen LogP contribution in [-0.4, -0.2) is 142 Å². The molecule has 3 saturated heterocycles. The van der Waals surface area contributed by atoms with E-state index in [0.29, 0.717) is 62.0 Å². The fourth-order valence-electron chi connectivity index (χ4n) is 11.5. The maximum Gasteiger partial charge on any atom is 0.212 e. The summed E-state index contributed by atoms with van der Waals surface area (Å²) >= 11 is 0. The van der Waals surface area contributed by atoms with Gasteiger partial charge in [0, 0.05) is 162 Å². The molecule has 0 amide bonds. The number of piperazine rings is 2. The van der Waals surface area contributed by atoms with E-state index in [9.17, 15) is 10.5 Å². The van der Waals surface area contributed by atoms with Crippen molar-refractivity contribution in [3.05, 3.63) is 155 Å². The highest BCUT2D eigenvalue weighted by Crippen LogP contribution is 2.38. The van der Waals surface area contributed by atoms with Gasteiger partial charge in [0.2, 0.25) is 5.88 Å². The second-order valence-corrected chi connectivity index (χ2v) is 20.7. The zero-order valence-electron chi connectivity index (χ0n) is 43.4. The maximum atomic E-state index is 16.0. The van der Waals surface area contributed by atoms with Crippen molar-refractivity contribution in [2.75, 3.05) is 107 Å². The van der Waals surface area contributed by atoms with Gasteiger partial charge in [-0.05, 0) is 103 Å². The number of hydrogen-bond acceptors (Lipinski definition) is 14. The van der Waals surface area contributed by atoms with Gasteiger partial charge < -0.3 is 24.3 Å². The van der Waals surface area contributed by atoms with Crippen LogP contribution in [0.2, 0.25) is 0 Å². The number of anilines is 3. The van der Waals surface area contributed by atoms with Crippen LogP contribution in [0.5, 0.6) is 5.88 Å². The first-order valence-corrected chi connectivity index (χ1v) is 26.5. The van der Waals surface area contributed by atoms with Gasteiger partial charge in [-0.1, -0.05) is 12.1 Å². The van der Waals surface area contributed by atoms with Crippen LogP contribution in [0.15, 0.2) is 110 Å². The molecule has 7 aromatic heterocycles. The number of rotatable bonds is 12. The van der Waals surface area contributed by atoms with Crippen molar-refractivity contribution < 1.29 is 13.5 Å². The van der Waals surface area contributed by atoms with Gasteiger partial charge in [-0.2, -0.15) is 20.7 Å². The lowest BCUT2D eigenvalue weighted by atomic mass is 9.88. The largest absolute Gasteiger partial charge is 0.481 e. The van der Waals surface area contributed by atoms with E-state index in [2.05, 4.69) is 100 Å². The van der Waals surface area contributed by atoms with Crippen molar-refractivity contribution in [3.8, 4) is 40.3 Å². The number of pyridine rings is 5. The number of methoxy groups -OCH3 is 1. The SMILES string of the molecule is COc1ccc(CN2CCN(c3ccc(-c4cc(C5CCN(c6cc(F)c(CN7CCN(c8ccc(-c9cc(C%10=CCN(C)CC%10)cn%10ncc(C#N)c9%10)cn8)CC7)c(F)c6)CC5)cn5ncc(C#N)c45)cn3)CC2)cn1. The second kappa shape index (κ2) is 21.4. The van der Waals surface area contributed by atoms with Crippen LogP contribution in [0.4, 0.5) is 26.1 Å². The average Bonchev–Trinajstić information content (AvgIpc) is 4.11. The third-order valence-electron chi connectivity index (χ3n) is 16.0. The van der Waals surface area contributed by atoms with Crippen molar-refractivity contribution in [3.63, 3.8) is 0 Å². The smallest absolute Gasteiger partial charge is 0.212 e. The molecule has 12 rings (SSSR count). The molecule has 0 aliphatic carbocycles. The van der Waals surface area contributed by atoms with Crippen LogP contribution in [0.3, 0.4) is 0 Å². The number of nitriles is 2. The molecule has 0 spiro atoms. The normalized spacial score (nSPS) is 17.2. The summed E-state index contributed by atoms with van der Waals surface area (Å²) < 4.78 is 40.8. The molecular formula is C59H59F2N15O. The minimum absolute atomic E-state index is 0.0846. The Morgan fingerprint density at radius 1 is 0.610 bits per heavy atom. The number of nitrogens with zero attached hydrogens (tertiary/aromatic N) is 15. The molecule has 0 N–H and O–H groups in total. The number of aromatic nitrogens is 7. The van der Waals surface area contributed by atoms with Gasteiger partial charge in [0.15, 0.2) is 0 Å². The Labute approximate surface area is 446 Å². The summed E-state index contributed by atoms with van der Waals surface area (Å²) in [6.07, 6.45) is 17.6. The highest BCUT2D eigenvalue weighted by Gasteiger charge is 2.28. The minimum Gasteiger partial charge on any atom is -0.481 e. The summed E-state index contributed by atoms with van der Waals surface area (Å²) in [5.74, 6) is 1.47. The topological polar surface area (TPSA) is 150 Å². The number of benzene rings is 1. The third-order valence-corrected chi connectivity index (χ3v) is 16.0. The lowest BCUT2D eigenvalue weighted by Crippen LogP contribution is -2.46. The third kappa shape index (κ3) is 10.2. The Balaban J connectivity index is 0.664. The Hall–Kier alpha value is -8.29. The molecule has 4 aliphatic heterocycles. The van der Waals surface area contributed by atoms with Gasteiger partial charge in [0.05, 0.1) is 41.7 Å². The minimum atomic E-state index is -0.531. The zero-order valence-corrected chi connectivity index (χ0v) is 43.4. The highest BCUT2D eigenvalue weighted by atomic mass is 19.1.